The topological polar surface area (TPSA) is 38.8 Å². The van der Waals surface area contributed by atoms with Crippen molar-refractivity contribution in [1.82, 2.24) is 5.06 Å². The lowest BCUT2D eigenvalue weighted by Gasteiger charge is -2.28. The first-order valence-corrected chi connectivity index (χ1v) is 7.11. The molecule has 1 aromatic carbocycles. The molecule has 3 rings (SSSR count). The molecule has 0 bridgehead atoms. The second-order valence-corrected chi connectivity index (χ2v) is 5.50. The molecule has 2 heterocycles. The largest absolute Gasteiger partial charge is 0.488 e. The average Bonchev–Trinajstić information content (AvgIpc) is 2.46. The number of hydroxylamine groups is 2. The van der Waals surface area contributed by atoms with E-state index in [1.54, 1.807) is 0 Å². The van der Waals surface area contributed by atoms with E-state index < -0.39 is 0 Å². The lowest BCUT2D eigenvalue weighted by Crippen LogP contribution is -2.38. The summed E-state index contributed by atoms with van der Waals surface area (Å²) in [6.45, 7) is 1.57. The van der Waals surface area contributed by atoms with E-state index in [1.807, 2.05) is 24.3 Å². The van der Waals surface area contributed by atoms with Crippen molar-refractivity contribution in [3.8, 4) is 5.75 Å². The maximum Gasteiger partial charge on any atom is 0.276 e. The van der Waals surface area contributed by atoms with Crippen molar-refractivity contribution in [2.45, 2.75) is 12.8 Å². The van der Waals surface area contributed by atoms with Crippen LogP contribution in [-0.4, -0.2) is 30.7 Å². The van der Waals surface area contributed by atoms with Gasteiger partial charge in [-0.25, -0.2) is 5.06 Å². The van der Waals surface area contributed by atoms with Crippen LogP contribution in [-0.2, 0) is 9.63 Å². The van der Waals surface area contributed by atoms with Crippen LogP contribution >= 0.6 is 15.9 Å². The average molecular weight is 324 g/mol. The van der Waals surface area contributed by atoms with Gasteiger partial charge in [0.05, 0.1) is 12.2 Å². The Balaban J connectivity index is 1.83. The van der Waals surface area contributed by atoms with Gasteiger partial charge in [0, 0.05) is 16.6 Å². The Labute approximate surface area is 120 Å². The van der Waals surface area contributed by atoms with Crippen molar-refractivity contribution < 1.29 is 14.4 Å². The Morgan fingerprint density at radius 3 is 3.00 bits per heavy atom. The third-order valence-corrected chi connectivity index (χ3v) is 3.68. The molecule has 2 aliphatic heterocycles. The van der Waals surface area contributed by atoms with Gasteiger partial charge in [-0.2, -0.15) is 0 Å². The molecule has 0 radical (unpaired) electrons. The highest BCUT2D eigenvalue weighted by Crippen LogP contribution is 2.29. The summed E-state index contributed by atoms with van der Waals surface area (Å²) in [5.41, 5.74) is 1.55. The van der Waals surface area contributed by atoms with E-state index in [2.05, 4.69) is 15.9 Å². The van der Waals surface area contributed by atoms with E-state index in [9.17, 15) is 4.79 Å². The Kier molecular flexibility index (Phi) is 3.57. The number of ether oxygens (including phenoxy) is 1. The van der Waals surface area contributed by atoms with Gasteiger partial charge in [-0.05, 0) is 37.1 Å². The van der Waals surface area contributed by atoms with Crippen molar-refractivity contribution >= 4 is 27.9 Å². The van der Waals surface area contributed by atoms with E-state index >= 15 is 0 Å². The number of amides is 1. The highest BCUT2D eigenvalue weighted by atomic mass is 79.9. The van der Waals surface area contributed by atoms with Crippen LogP contribution in [0.3, 0.4) is 0 Å². The molecule has 0 spiro atoms. The number of fused-ring (bicyclic) bond motifs is 1. The number of carbonyl (C=O) groups is 1. The van der Waals surface area contributed by atoms with Crippen LogP contribution in [0.2, 0.25) is 0 Å². The minimum Gasteiger partial charge on any atom is -0.488 e. The van der Waals surface area contributed by atoms with Crippen LogP contribution in [0.5, 0.6) is 5.75 Å². The molecule has 5 heteroatoms. The lowest BCUT2D eigenvalue weighted by atomic mass is 10.1. The summed E-state index contributed by atoms with van der Waals surface area (Å²) in [7, 11) is 0. The number of carbonyl (C=O) groups excluding carboxylic acids is 1. The first kappa shape index (κ1) is 12.7. The highest BCUT2D eigenvalue weighted by molar-refractivity contribution is 9.10. The molecular formula is C14H14BrNO3. The van der Waals surface area contributed by atoms with E-state index in [4.69, 9.17) is 9.57 Å². The maximum atomic E-state index is 12.3. The Morgan fingerprint density at radius 2 is 2.21 bits per heavy atom. The van der Waals surface area contributed by atoms with Crippen LogP contribution in [0.15, 0.2) is 28.2 Å². The van der Waals surface area contributed by atoms with Crippen molar-refractivity contribution in [3.63, 3.8) is 0 Å². The molecule has 1 fully saturated rings. The first-order valence-electron chi connectivity index (χ1n) is 6.32. The summed E-state index contributed by atoms with van der Waals surface area (Å²) >= 11 is 3.42. The highest BCUT2D eigenvalue weighted by Gasteiger charge is 2.24. The second kappa shape index (κ2) is 5.35. The third-order valence-electron chi connectivity index (χ3n) is 3.19. The van der Waals surface area contributed by atoms with Crippen molar-refractivity contribution in [2.24, 2.45) is 0 Å². The summed E-state index contributed by atoms with van der Waals surface area (Å²) in [6.07, 6.45) is 3.88. The van der Waals surface area contributed by atoms with Crippen molar-refractivity contribution in [1.29, 1.82) is 0 Å². The predicted molar refractivity (Wildman–Crippen MR) is 74.5 cm³/mol. The molecule has 0 unspecified atom stereocenters. The zero-order chi connectivity index (χ0) is 13.2. The van der Waals surface area contributed by atoms with E-state index in [-0.39, 0.29) is 5.91 Å². The molecule has 4 nitrogen and oxygen atoms in total. The molecule has 0 aliphatic carbocycles. The SMILES string of the molecule is O=C(C1=Cc2cc(Br)ccc2OC1)N1CCCCO1. The Bertz CT molecular complexity index is 535. The molecule has 19 heavy (non-hydrogen) atoms. The summed E-state index contributed by atoms with van der Waals surface area (Å²) in [5.74, 6) is 0.713. The maximum absolute atomic E-state index is 12.3. The summed E-state index contributed by atoms with van der Waals surface area (Å²) in [5, 5.41) is 1.45. The van der Waals surface area contributed by atoms with E-state index in [0.29, 0.717) is 25.3 Å². The van der Waals surface area contributed by atoms with Gasteiger partial charge < -0.3 is 4.74 Å². The van der Waals surface area contributed by atoms with Gasteiger partial charge in [-0.15, -0.1) is 0 Å². The van der Waals surface area contributed by atoms with Gasteiger partial charge in [0.25, 0.3) is 5.91 Å². The summed E-state index contributed by atoms with van der Waals surface area (Å²) in [4.78, 5) is 17.7. The number of rotatable bonds is 1. The first-order chi connectivity index (χ1) is 9.24. The standard InChI is InChI=1S/C14H14BrNO3/c15-12-3-4-13-10(8-12)7-11(9-18-13)14(17)16-5-1-2-6-19-16/h3-4,7-8H,1-2,5-6,9H2. The van der Waals surface area contributed by atoms with Crippen LogP contribution in [0.4, 0.5) is 0 Å². The van der Waals surface area contributed by atoms with Crippen LogP contribution < -0.4 is 4.74 Å². The molecule has 100 valence electrons. The van der Waals surface area contributed by atoms with Gasteiger partial charge in [0.15, 0.2) is 0 Å². The van der Waals surface area contributed by atoms with E-state index in [1.165, 1.54) is 5.06 Å². The molecule has 0 aromatic heterocycles. The fourth-order valence-corrected chi connectivity index (χ4v) is 2.57. The fraction of sp³-hybridized carbons (Fsp3) is 0.357. The summed E-state index contributed by atoms with van der Waals surface area (Å²) < 4.78 is 6.58. The molecule has 0 atom stereocenters. The van der Waals surface area contributed by atoms with Gasteiger partial charge in [0.1, 0.15) is 12.4 Å². The monoisotopic (exact) mass is 323 g/mol. The third kappa shape index (κ3) is 2.67. The Hall–Kier alpha value is -1.33. The lowest BCUT2D eigenvalue weighted by molar-refractivity contribution is -0.193. The minimum atomic E-state index is -0.0923. The zero-order valence-electron chi connectivity index (χ0n) is 10.4. The smallest absolute Gasteiger partial charge is 0.276 e. The quantitative estimate of drug-likeness (QED) is 0.797. The molecule has 0 N–H and O–H groups in total. The molecular weight excluding hydrogens is 310 g/mol. The van der Waals surface area contributed by atoms with Crippen LogP contribution in [0.1, 0.15) is 18.4 Å². The normalized spacial score (nSPS) is 18.4. The number of hydrogen-bond donors (Lipinski definition) is 0. The van der Waals surface area contributed by atoms with E-state index in [0.717, 1.165) is 28.6 Å². The van der Waals surface area contributed by atoms with Crippen LogP contribution in [0.25, 0.3) is 6.08 Å². The fourth-order valence-electron chi connectivity index (χ4n) is 2.19. The zero-order valence-corrected chi connectivity index (χ0v) is 12.0. The number of nitrogens with zero attached hydrogens (tertiary/aromatic N) is 1. The van der Waals surface area contributed by atoms with Gasteiger partial charge >= 0.3 is 0 Å². The number of halogens is 1. The molecule has 1 aromatic rings. The number of benzene rings is 1. The molecule has 0 saturated carbocycles. The second-order valence-electron chi connectivity index (χ2n) is 4.59. The number of hydrogen-bond acceptors (Lipinski definition) is 3. The minimum absolute atomic E-state index is 0.0923. The van der Waals surface area contributed by atoms with Gasteiger partial charge in [0.2, 0.25) is 0 Å². The molecule has 1 saturated heterocycles. The Morgan fingerprint density at radius 1 is 1.32 bits per heavy atom. The molecule has 1 amide bonds. The van der Waals surface area contributed by atoms with Crippen LogP contribution in [0, 0.1) is 0 Å². The summed E-state index contributed by atoms with van der Waals surface area (Å²) in [6, 6.07) is 5.76. The van der Waals surface area contributed by atoms with Crippen molar-refractivity contribution in [2.75, 3.05) is 19.8 Å². The van der Waals surface area contributed by atoms with Gasteiger partial charge in [-0.3, -0.25) is 9.63 Å². The van der Waals surface area contributed by atoms with Crippen molar-refractivity contribution in [3.05, 3.63) is 33.8 Å². The predicted octanol–water partition coefficient (Wildman–Crippen LogP) is 2.78. The van der Waals surface area contributed by atoms with Gasteiger partial charge in [-0.1, -0.05) is 15.9 Å². The molecule has 2 aliphatic rings.